The fourth-order valence-electron chi connectivity index (χ4n) is 2.56. The number of ether oxygens (including phenoxy) is 2. The minimum Gasteiger partial charge on any atom is -0.482 e. The van der Waals surface area contributed by atoms with E-state index in [1.165, 1.54) is 6.21 Å². The van der Waals surface area contributed by atoms with Crippen LogP contribution in [-0.4, -0.2) is 30.8 Å². The van der Waals surface area contributed by atoms with E-state index in [9.17, 15) is 9.59 Å². The van der Waals surface area contributed by atoms with Gasteiger partial charge in [-0.3, -0.25) is 4.79 Å². The van der Waals surface area contributed by atoms with Crippen LogP contribution >= 0.6 is 11.6 Å². The van der Waals surface area contributed by atoms with Crippen molar-refractivity contribution in [2.45, 2.75) is 20.0 Å². The summed E-state index contributed by atoms with van der Waals surface area (Å²) in [6.45, 7) is 3.35. The van der Waals surface area contributed by atoms with Gasteiger partial charge in [-0.2, -0.15) is 5.10 Å². The predicted molar refractivity (Wildman–Crippen MR) is 117 cm³/mol. The molecule has 7 nitrogen and oxygen atoms in total. The molecule has 0 aliphatic heterocycles. The molecule has 3 rings (SSSR count). The Kier molecular flexibility index (Phi) is 7.45. The number of para-hydroxylation sites is 1. The minimum atomic E-state index is -0.445. The first-order chi connectivity index (χ1) is 14.9. The van der Waals surface area contributed by atoms with Gasteiger partial charge in [0.1, 0.15) is 17.3 Å². The number of nitrogens with zero attached hydrogens (tertiary/aromatic N) is 1. The van der Waals surface area contributed by atoms with Crippen molar-refractivity contribution in [2.24, 2.45) is 5.10 Å². The molecule has 1 amide bonds. The highest BCUT2D eigenvalue weighted by atomic mass is 35.5. The van der Waals surface area contributed by atoms with E-state index < -0.39 is 11.9 Å². The molecule has 0 aliphatic rings. The molecule has 1 heterocycles. The maximum Gasteiger partial charge on any atom is 0.338 e. The van der Waals surface area contributed by atoms with Crippen molar-refractivity contribution in [2.75, 3.05) is 6.61 Å². The monoisotopic (exact) mass is 440 g/mol. The molecule has 8 heteroatoms. The molecule has 160 valence electrons. The Morgan fingerprint density at radius 3 is 2.71 bits per heavy atom. The first kappa shape index (κ1) is 22.1. The summed E-state index contributed by atoms with van der Waals surface area (Å²) in [6.07, 6.45) is 1.17. The number of benzene rings is 2. The van der Waals surface area contributed by atoms with E-state index in [2.05, 4.69) is 10.5 Å². The van der Waals surface area contributed by atoms with Crippen LogP contribution in [0.5, 0.6) is 5.75 Å². The van der Waals surface area contributed by atoms with Gasteiger partial charge in [0.2, 0.25) is 0 Å². The molecular weight excluding hydrogens is 420 g/mol. The van der Waals surface area contributed by atoms with Gasteiger partial charge in [0, 0.05) is 5.56 Å². The van der Waals surface area contributed by atoms with Crippen LogP contribution in [0.25, 0.3) is 11.3 Å². The highest BCUT2D eigenvalue weighted by Gasteiger charge is 2.12. The second kappa shape index (κ2) is 10.4. The van der Waals surface area contributed by atoms with Crippen molar-refractivity contribution in [1.82, 2.24) is 5.43 Å². The van der Waals surface area contributed by atoms with Gasteiger partial charge >= 0.3 is 5.97 Å². The Morgan fingerprint density at radius 1 is 1.13 bits per heavy atom. The standard InChI is InChI=1S/C23H21ClN2O5/c1-15(2)30-23(28)17-7-5-6-16(12-17)20-11-10-18(31-20)13-25-26-22(27)14-29-21-9-4-3-8-19(21)24/h3-13,15H,14H2,1-2H3,(H,26,27)/b25-13-. The maximum atomic E-state index is 12.1. The van der Waals surface area contributed by atoms with Crippen LogP contribution in [0, 0.1) is 0 Å². The van der Waals surface area contributed by atoms with E-state index in [0.29, 0.717) is 27.9 Å². The number of rotatable bonds is 8. The van der Waals surface area contributed by atoms with Crippen molar-refractivity contribution >= 4 is 29.7 Å². The summed E-state index contributed by atoms with van der Waals surface area (Å²) in [7, 11) is 0. The zero-order valence-corrected chi connectivity index (χ0v) is 17.8. The van der Waals surface area contributed by atoms with Crippen molar-refractivity contribution in [3.05, 3.63) is 77.0 Å². The number of hydrazone groups is 1. The molecule has 0 saturated heterocycles. The van der Waals surface area contributed by atoms with Crippen LogP contribution in [-0.2, 0) is 9.53 Å². The summed E-state index contributed by atoms with van der Waals surface area (Å²) in [4.78, 5) is 23.9. The van der Waals surface area contributed by atoms with E-state index in [1.807, 2.05) is 6.07 Å². The summed E-state index contributed by atoms with van der Waals surface area (Å²) < 4.78 is 16.3. The zero-order chi connectivity index (χ0) is 22.2. The van der Waals surface area contributed by atoms with Crippen molar-refractivity contribution in [1.29, 1.82) is 0 Å². The molecule has 0 bridgehead atoms. The molecule has 0 unspecified atom stereocenters. The summed E-state index contributed by atoms with van der Waals surface area (Å²) in [5.74, 6) is 0.552. The average molecular weight is 441 g/mol. The predicted octanol–water partition coefficient (Wildman–Crippen LogP) is 4.69. The van der Waals surface area contributed by atoms with E-state index >= 15 is 0 Å². The highest BCUT2D eigenvalue weighted by molar-refractivity contribution is 6.32. The molecule has 0 spiro atoms. The second-order valence-corrected chi connectivity index (χ2v) is 7.16. The molecule has 0 atom stereocenters. The molecule has 1 aromatic heterocycles. The van der Waals surface area contributed by atoms with Crippen LogP contribution in [0.4, 0.5) is 0 Å². The van der Waals surface area contributed by atoms with Gasteiger partial charge in [0.25, 0.3) is 5.91 Å². The summed E-state index contributed by atoms with van der Waals surface area (Å²) >= 11 is 5.97. The molecule has 3 aromatic rings. The van der Waals surface area contributed by atoms with Gasteiger partial charge in [0.15, 0.2) is 6.61 Å². The van der Waals surface area contributed by atoms with Gasteiger partial charge in [-0.1, -0.05) is 35.9 Å². The van der Waals surface area contributed by atoms with E-state index in [1.54, 1.807) is 68.4 Å². The second-order valence-electron chi connectivity index (χ2n) is 6.75. The molecule has 0 radical (unpaired) electrons. The molecule has 31 heavy (non-hydrogen) atoms. The topological polar surface area (TPSA) is 90.1 Å². The zero-order valence-electron chi connectivity index (χ0n) is 17.0. The van der Waals surface area contributed by atoms with Crippen LogP contribution in [0.1, 0.15) is 30.0 Å². The quantitative estimate of drug-likeness (QED) is 0.311. The first-order valence-electron chi connectivity index (χ1n) is 9.53. The fraction of sp³-hybridized carbons (Fsp3) is 0.174. The number of nitrogens with one attached hydrogen (secondary N) is 1. The summed E-state index contributed by atoms with van der Waals surface area (Å²) in [6, 6.07) is 17.3. The van der Waals surface area contributed by atoms with Crippen molar-refractivity contribution in [3.8, 4) is 17.1 Å². The van der Waals surface area contributed by atoms with Crippen LogP contribution in [0.3, 0.4) is 0 Å². The van der Waals surface area contributed by atoms with Gasteiger partial charge < -0.3 is 13.9 Å². The van der Waals surface area contributed by atoms with Gasteiger partial charge in [-0.05, 0) is 50.2 Å². The third-order valence-electron chi connectivity index (χ3n) is 3.93. The summed E-state index contributed by atoms with van der Waals surface area (Å²) in [5.41, 5.74) is 3.50. The first-order valence-corrected chi connectivity index (χ1v) is 9.90. The normalized spacial score (nSPS) is 11.0. The van der Waals surface area contributed by atoms with Crippen LogP contribution < -0.4 is 10.2 Å². The maximum absolute atomic E-state index is 12.1. The number of hydrogen-bond donors (Lipinski definition) is 1. The van der Waals surface area contributed by atoms with E-state index in [0.717, 1.165) is 5.56 Å². The van der Waals surface area contributed by atoms with Gasteiger partial charge in [0.05, 0.1) is 22.9 Å². The Balaban J connectivity index is 1.56. The Morgan fingerprint density at radius 2 is 1.94 bits per heavy atom. The van der Waals surface area contributed by atoms with Gasteiger partial charge in [-0.15, -0.1) is 0 Å². The number of carbonyl (C=O) groups is 2. The lowest BCUT2D eigenvalue weighted by atomic mass is 10.1. The lowest BCUT2D eigenvalue weighted by molar-refractivity contribution is -0.123. The average Bonchev–Trinajstić information content (AvgIpc) is 3.22. The van der Waals surface area contributed by atoms with E-state index in [4.69, 9.17) is 25.5 Å². The molecule has 0 aliphatic carbocycles. The largest absolute Gasteiger partial charge is 0.482 e. The molecule has 0 saturated carbocycles. The molecule has 1 N–H and O–H groups in total. The Hall–Kier alpha value is -3.58. The van der Waals surface area contributed by atoms with Gasteiger partial charge in [-0.25, -0.2) is 10.2 Å². The smallest absolute Gasteiger partial charge is 0.338 e. The SMILES string of the molecule is CC(C)OC(=O)c1cccc(-c2ccc(/C=N\NC(=O)COc3ccccc3Cl)o2)c1. The number of amides is 1. The summed E-state index contributed by atoms with van der Waals surface area (Å²) in [5, 5.41) is 4.28. The number of furan rings is 1. The Labute approximate surface area is 184 Å². The molecule has 2 aromatic carbocycles. The molecular formula is C23H21ClN2O5. The van der Waals surface area contributed by atoms with Crippen molar-refractivity contribution < 1.29 is 23.5 Å². The Bertz CT molecular complexity index is 1090. The highest BCUT2D eigenvalue weighted by Crippen LogP contribution is 2.24. The van der Waals surface area contributed by atoms with E-state index in [-0.39, 0.29) is 12.7 Å². The third kappa shape index (κ3) is 6.45. The fourth-order valence-corrected chi connectivity index (χ4v) is 2.75. The number of hydrogen-bond acceptors (Lipinski definition) is 6. The number of esters is 1. The lowest BCUT2D eigenvalue weighted by Crippen LogP contribution is -2.24. The lowest BCUT2D eigenvalue weighted by Gasteiger charge is -2.08. The van der Waals surface area contributed by atoms with Crippen LogP contribution in [0.15, 0.2) is 70.2 Å². The third-order valence-corrected chi connectivity index (χ3v) is 4.24. The number of carbonyl (C=O) groups excluding carboxylic acids is 2. The minimum absolute atomic E-state index is 0.201. The number of halogens is 1. The van der Waals surface area contributed by atoms with Crippen molar-refractivity contribution in [3.63, 3.8) is 0 Å². The molecule has 0 fully saturated rings. The van der Waals surface area contributed by atoms with Crippen LogP contribution in [0.2, 0.25) is 5.02 Å².